The summed E-state index contributed by atoms with van der Waals surface area (Å²) in [6, 6.07) is 14.3. The van der Waals surface area contributed by atoms with Gasteiger partial charge in [0.1, 0.15) is 0 Å². The van der Waals surface area contributed by atoms with E-state index in [4.69, 9.17) is 0 Å². The third kappa shape index (κ3) is 2.56. The zero-order valence-corrected chi connectivity index (χ0v) is 16.5. The first kappa shape index (κ1) is 15.6. The average molecular weight is 421 g/mol. The maximum absolute atomic E-state index is 13.1. The molecule has 0 aliphatic rings. The normalized spacial score (nSPS) is 12.7. The molecule has 0 N–H and O–H groups in total. The van der Waals surface area contributed by atoms with Gasteiger partial charge < -0.3 is 0 Å². The van der Waals surface area contributed by atoms with Gasteiger partial charge in [-0.05, 0) is 0 Å². The molecular formula is C16H18N2O2SSn. The molecule has 0 fully saturated rings. The summed E-state index contributed by atoms with van der Waals surface area (Å²) in [5.41, 5.74) is 0.521. The van der Waals surface area contributed by atoms with Crippen LogP contribution in [0.5, 0.6) is 0 Å². The number of rotatable bonds is 3. The summed E-state index contributed by atoms with van der Waals surface area (Å²) in [7, 11) is -3.63. The van der Waals surface area contributed by atoms with Gasteiger partial charge in [0.05, 0.1) is 0 Å². The van der Waals surface area contributed by atoms with Crippen LogP contribution >= 0.6 is 0 Å². The quantitative estimate of drug-likeness (QED) is 0.612. The summed E-state index contributed by atoms with van der Waals surface area (Å²) < 4.78 is 28.7. The van der Waals surface area contributed by atoms with Gasteiger partial charge in [0, 0.05) is 0 Å². The molecule has 114 valence electrons. The van der Waals surface area contributed by atoms with Gasteiger partial charge in [0.25, 0.3) is 0 Å². The monoisotopic (exact) mass is 422 g/mol. The van der Waals surface area contributed by atoms with Gasteiger partial charge >= 0.3 is 135 Å². The Morgan fingerprint density at radius 3 is 2.32 bits per heavy atom. The Bertz CT molecular complexity index is 926. The number of aromatic nitrogens is 2. The molecule has 6 heteroatoms. The number of pyridine rings is 1. The molecule has 1 aromatic carbocycles. The fourth-order valence-corrected chi connectivity index (χ4v) is 10.5. The molecule has 3 aromatic rings. The minimum absolute atomic E-state index is 0.301. The van der Waals surface area contributed by atoms with Gasteiger partial charge in [-0.25, -0.2) is 0 Å². The second-order valence-electron chi connectivity index (χ2n) is 6.28. The van der Waals surface area contributed by atoms with Gasteiger partial charge in [-0.3, -0.25) is 0 Å². The van der Waals surface area contributed by atoms with Gasteiger partial charge in [0.2, 0.25) is 0 Å². The molecule has 0 spiro atoms. The van der Waals surface area contributed by atoms with Crippen LogP contribution in [0.1, 0.15) is 0 Å². The summed E-state index contributed by atoms with van der Waals surface area (Å²) in [6.07, 6.45) is 1.64. The second kappa shape index (κ2) is 5.38. The second-order valence-corrected chi connectivity index (χ2v) is 22.4. The molecule has 3 rings (SSSR count). The molecule has 0 unspecified atom stereocenters. The number of fused-ring (bicyclic) bond motifs is 1. The first-order valence-electron chi connectivity index (χ1n) is 7.09. The van der Waals surface area contributed by atoms with Crippen molar-refractivity contribution >= 4 is 43.1 Å². The van der Waals surface area contributed by atoms with E-state index in [2.05, 4.69) is 19.8 Å². The standard InChI is InChI=1S/C13H9N2O2S.3CH3.Sn/c16-18(17,12-6-2-1-3-7-12)15-10-8-11-5-4-9-14-13(11)15;;;;/h1-9H;3*1H3;. The zero-order chi connectivity index (χ0) is 16.0. The van der Waals surface area contributed by atoms with Crippen molar-refractivity contribution in [2.45, 2.75) is 19.7 Å². The van der Waals surface area contributed by atoms with Crippen molar-refractivity contribution in [3.05, 3.63) is 54.7 Å². The molecule has 0 aliphatic carbocycles. The number of hydrogen-bond acceptors (Lipinski definition) is 3. The van der Waals surface area contributed by atoms with E-state index in [1.165, 1.54) is 3.97 Å². The molecular weight excluding hydrogens is 403 g/mol. The Labute approximate surface area is 134 Å². The topological polar surface area (TPSA) is 52.0 Å². The van der Waals surface area contributed by atoms with Crippen LogP contribution < -0.4 is 3.71 Å². The van der Waals surface area contributed by atoms with Gasteiger partial charge in [-0.15, -0.1) is 0 Å². The predicted molar refractivity (Wildman–Crippen MR) is 91.7 cm³/mol. The van der Waals surface area contributed by atoms with E-state index < -0.39 is 28.4 Å². The molecule has 0 radical (unpaired) electrons. The number of hydrogen-bond donors (Lipinski definition) is 0. The van der Waals surface area contributed by atoms with Crippen molar-refractivity contribution in [2.24, 2.45) is 0 Å². The van der Waals surface area contributed by atoms with Gasteiger partial charge in [0.15, 0.2) is 0 Å². The average Bonchev–Trinajstić information content (AvgIpc) is 2.88. The number of benzene rings is 1. The van der Waals surface area contributed by atoms with E-state index >= 15 is 0 Å². The van der Waals surface area contributed by atoms with Crippen LogP contribution in [0.2, 0.25) is 14.8 Å². The first-order chi connectivity index (χ1) is 10.3. The third-order valence-electron chi connectivity index (χ3n) is 3.57. The van der Waals surface area contributed by atoms with Crippen LogP contribution in [0.15, 0.2) is 59.6 Å². The van der Waals surface area contributed by atoms with Crippen LogP contribution in [0.4, 0.5) is 0 Å². The van der Waals surface area contributed by atoms with Crippen molar-refractivity contribution in [1.29, 1.82) is 0 Å². The molecule has 0 atom stereocenters. The Morgan fingerprint density at radius 1 is 1.00 bits per heavy atom. The fourth-order valence-electron chi connectivity index (χ4n) is 2.47. The predicted octanol–water partition coefficient (Wildman–Crippen LogP) is 2.82. The van der Waals surface area contributed by atoms with Gasteiger partial charge in [-0.1, -0.05) is 0 Å². The van der Waals surface area contributed by atoms with E-state index in [1.54, 1.807) is 30.5 Å². The Balaban J connectivity index is 2.39. The van der Waals surface area contributed by atoms with Crippen LogP contribution in [0.3, 0.4) is 0 Å². The molecule has 0 saturated heterocycles. The van der Waals surface area contributed by atoms with E-state index in [0.717, 1.165) is 9.10 Å². The summed E-state index contributed by atoms with van der Waals surface area (Å²) in [5.74, 6) is 0. The summed E-state index contributed by atoms with van der Waals surface area (Å²) in [6.45, 7) is 0. The van der Waals surface area contributed by atoms with Gasteiger partial charge in [-0.2, -0.15) is 0 Å². The van der Waals surface area contributed by atoms with Crippen LogP contribution in [-0.4, -0.2) is 35.8 Å². The molecule has 2 aromatic heterocycles. The van der Waals surface area contributed by atoms with Crippen LogP contribution in [0.25, 0.3) is 11.0 Å². The summed E-state index contributed by atoms with van der Waals surface area (Å²) in [4.78, 5) is 11.3. The molecule has 0 aliphatic heterocycles. The van der Waals surface area contributed by atoms with Crippen molar-refractivity contribution in [1.82, 2.24) is 8.96 Å². The third-order valence-corrected chi connectivity index (χ3v) is 11.2. The Kier molecular flexibility index (Phi) is 3.80. The zero-order valence-electron chi connectivity index (χ0n) is 12.8. The molecule has 4 nitrogen and oxygen atoms in total. The molecule has 0 saturated carbocycles. The van der Waals surface area contributed by atoms with E-state index in [9.17, 15) is 8.42 Å². The fraction of sp³-hybridized carbons (Fsp3) is 0.188. The Hall–Kier alpha value is -1.34. The van der Waals surface area contributed by atoms with E-state index in [1.807, 2.05) is 24.3 Å². The maximum atomic E-state index is 13.1. The van der Waals surface area contributed by atoms with Crippen LogP contribution in [-0.2, 0) is 10.0 Å². The molecule has 22 heavy (non-hydrogen) atoms. The molecule has 0 amide bonds. The summed E-state index contributed by atoms with van der Waals surface area (Å²) >= 11 is -2.65. The first-order valence-corrected chi connectivity index (χ1v) is 18.5. The van der Waals surface area contributed by atoms with E-state index in [-0.39, 0.29) is 0 Å². The molecule has 0 bridgehead atoms. The number of nitrogens with zero attached hydrogens (tertiary/aromatic N) is 2. The summed E-state index contributed by atoms with van der Waals surface area (Å²) in [5, 5.41) is 0.878. The SMILES string of the molecule is [CH3][Sn]([CH3])([CH3])[c]1cc2cccnc2n1S(=O)(=O)c1ccccc1. The molecule has 2 heterocycles. The van der Waals surface area contributed by atoms with E-state index in [0.29, 0.717) is 10.5 Å². The van der Waals surface area contributed by atoms with Crippen molar-refractivity contribution in [3.63, 3.8) is 0 Å². The van der Waals surface area contributed by atoms with Crippen molar-refractivity contribution < 1.29 is 8.42 Å². The Morgan fingerprint density at radius 2 is 1.68 bits per heavy atom. The minimum atomic E-state index is -3.63. The van der Waals surface area contributed by atoms with Crippen molar-refractivity contribution in [2.75, 3.05) is 0 Å². The van der Waals surface area contributed by atoms with Crippen molar-refractivity contribution in [3.8, 4) is 0 Å². The van der Waals surface area contributed by atoms with Crippen LogP contribution in [0, 0.1) is 0 Å².